The fourth-order valence-corrected chi connectivity index (χ4v) is 1.63. The number of hydrogen-bond donors (Lipinski definition) is 0. The first-order valence-corrected chi connectivity index (χ1v) is 6.77. The van der Waals surface area contributed by atoms with Gasteiger partial charge in [0.15, 0.2) is 0 Å². The van der Waals surface area contributed by atoms with Gasteiger partial charge in [-0.1, -0.05) is 18.8 Å². The topological polar surface area (TPSA) is 22.1 Å². The molecule has 0 atom stereocenters. The number of hydrogen-bond acceptors (Lipinski definition) is 2. The molecule has 0 radical (unpaired) electrons. The minimum Gasteiger partial charge on any atom is -0.494 e. The number of pyridine rings is 1. The third-order valence-electron chi connectivity index (χ3n) is 2.73. The van der Waals surface area contributed by atoms with Crippen LogP contribution < -0.4 is 4.74 Å². The predicted octanol–water partition coefficient (Wildman–Crippen LogP) is 4.29. The van der Waals surface area contributed by atoms with Crippen molar-refractivity contribution in [3.05, 3.63) is 59.4 Å². The summed E-state index contributed by atoms with van der Waals surface area (Å²) >= 11 is 0. The summed E-state index contributed by atoms with van der Waals surface area (Å²) < 4.78 is 42.6. The van der Waals surface area contributed by atoms with Gasteiger partial charge in [0.1, 0.15) is 11.4 Å². The largest absolute Gasteiger partial charge is 0.494 e. The lowest BCUT2D eigenvalue weighted by Gasteiger charge is -2.04. The molecule has 0 aliphatic carbocycles. The van der Waals surface area contributed by atoms with Gasteiger partial charge in [-0.2, -0.15) is 13.2 Å². The molecule has 0 spiro atoms. The Labute approximate surface area is 127 Å². The van der Waals surface area contributed by atoms with Crippen molar-refractivity contribution in [3.8, 4) is 17.6 Å². The highest BCUT2D eigenvalue weighted by Gasteiger charge is 2.31. The summed E-state index contributed by atoms with van der Waals surface area (Å²) in [5.74, 6) is 6.42. The van der Waals surface area contributed by atoms with E-state index in [1.807, 2.05) is 19.1 Å². The lowest BCUT2D eigenvalue weighted by Crippen LogP contribution is -2.07. The number of benzene rings is 1. The average molecular weight is 305 g/mol. The molecule has 0 bridgehead atoms. The van der Waals surface area contributed by atoms with Gasteiger partial charge in [0, 0.05) is 17.3 Å². The van der Waals surface area contributed by atoms with Gasteiger partial charge in [0.05, 0.1) is 6.61 Å². The van der Waals surface area contributed by atoms with Crippen molar-refractivity contribution in [2.24, 2.45) is 0 Å². The molecule has 114 valence electrons. The van der Waals surface area contributed by atoms with E-state index in [4.69, 9.17) is 4.74 Å². The molecular weight excluding hydrogens is 291 g/mol. The van der Waals surface area contributed by atoms with E-state index >= 15 is 0 Å². The number of aromatic nitrogens is 1. The highest BCUT2D eigenvalue weighted by Crippen LogP contribution is 2.27. The van der Waals surface area contributed by atoms with Crippen molar-refractivity contribution in [2.45, 2.75) is 19.5 Å². The molecule has 22 heavy (non-hydrogen) atoms. The quantitative estimate of drug-likeness (QED) is 0.789. The van der Waals surface area contributed by atoms with Crippen LogP contribution in [0.3, 0.4) is 0 Å². The van der Waals surface area contributed by atoms with Crippen molar-refractivity contribution >= 4 is 0 Å². The van der Waals surface area contributed by atoms with Crippen molar-refractivity contribution in [1.29, 1.82) is 0 Å². The van der Waals surface area contributed by atoms with Gasteiger partial charge in [-0.3, -0.25) is 4.98 Å². The van der Waals surface area contributed by atoms with Crippen LogP contribution in [0.1, 0.15) is 30.2 Å². The van der Waals surface area contributed by atoms with Crippen LogP contribution in [0.25, 0.3) is 0 Å². The smallest absolute Gasteiger partial charge is 0.433 e. The molecule has 0 aliphatic heterocycles. The molecule has 0 N–H and O–H groups in total. The van der Waals surface area contributed by atoms with Crippen LogP contribution in [0, 0.1) is 11.8 Å². The van der Waals surface area contributed by atoms with E-state index in [2.05, 4.69) is 16.8 Å². The molecule has 1 heterocycles. The van der Waals surface area contributed by atoms with Crippen LogP contribution in [-0.4, -0.2) is 11.6 Å². The molecule has 2 aromatic rings. The Balaban J connectivity index is 2.06. The average Bonchev–Trinajstić information content (AvgIpc) is 2.51. The van der Waals surface area contributed by atoms with Crippen LogP contribution in [0.4, 0.5) is 13.2 Å². The molecule has 2 nitrogen and oxygen atoms in total. The van der Waals surface area contributed by atoms with Crippen LogP contribution >= 0.6 is 0 Å². The SMILES string of the molecule is CCCOc1ccc(C#Cc2ccc(C(F)(F)F)nc2)cc1. The highest BCUT2D eigenvalue weighted by molar-refractivity contribution is 5.43. The van der Waals surface area contributed by atoms with Gasteiger partial charge >= 0.3 is 6.18 Å². The summed E-state index contributed by atoms with van der Waals surface area (Å²) in [5.41, 5.74) is 0.263. The molecule has 2 rings (SSSR count). The van der Waals surface area contributed by atoms with Crippen molar-refractivity contribution in [2.75, 3.05) is 6.61 Å². The second-order valence-corrected chi connectivity index (χ2v) is 4.55. The number of halogens is 3. The summed E-state index contributed by atoms with van der Waals surface area (Å²) in [5, 5.41) is 0. The highest BCUT2D eigenvalue weighted by atomic mass is 19.4. The normalized spacial score (nSPS) is 10.7. The van der Waals surface area contributed by atoms with Crippen molar-refractivity contribution < 1.29 is 17.9 Å². The maximum absolute atomic E-state index is 12.4. The maximum Gasteiger partial charge on any atom is 0.433 e. The molecule has 1 aromatic heterocycles. The monoisotopic (exact) mass is 305 g/mol. The first kappa shape index (κ1) is 15.9. The maximum atomic E-state index is 12.4. The Kier molecular flexibility index (Phi) is 5.05. The van der Waals surface area contributed by atoms with Crippen LogP contribution in [0.15, 0.2) is 42.6 Å². The van der Waals surface area contributed by atoms with Crippen molar-refractivity contribution in [3.63, 3.8) is 0 Å². The van der Waals surface area contributed by atoms with Gasteiger partial charge < -0.3 is 4.74 Å². The fraction of sp³-hybridized carbons (Fsp3) is 0.235. The summed E-state index contributed by atoms with van der Waals surface area (Å²) in [6.45, 7) is 2.68. The van der Waals surface area contributed by atoms with Crippen LogP contribution in [0.5, 0.6) is 5.75 Å². The number of ether oxygens (including phenoxy) is 1. The lowest BCUT2D eigenvalue weighted by molar-refractivity contribution is -0.141. The molecule has 1 aromatic carbocycles. The Hall–Kier alpha value is -2.48. The zero-order valence-electron chi connectivity index (χ0n) is 11.9. The Morgan fingerprint density at radius 3 is 2.18 bits per heavy atom. The Morgan fingerprint density at radius 1 is 1.00 bits per heavy atom. The van der Waals surface area contributed by atoms with Crippen LogP contribution in [-0.2, 0) is 6.18 Å². The van der Waals surface area contributed by atoms with E-state index in [-0.39, 0.29) is 0 Å². The fourth-order valence-electron chi connectivity index (χ4n) is 1.63. The zero-order valence-corrected chi connectivity index (χ0v) is 11.9. The van der Waals surface area contributed by atoms with E-state index in [0.717, 1.165) is 30.0 Å². The third-order valence-corrected chi connectivity index (χ3v) is 2.73. The number of nitrogens with zero attached hydrogens (tertiary/aromatic N) is 1. The molecular formula is C17H14F3NO. The first-order valence-electron chi connectivity index (χ1n) is 6.77. The van der Waals surface area contributed by atoms with Gasteiger partial charge in [0.2, 0.25) is 0 Å². The van der Waals surface area contributed by atoms with E-state index in [9.17, 15) is 13.2 Å². The van der Waals surface area contributed by atoms with E-state index in [1.165, 1.54) is 6.07 Å². The van der Waals surface area contributed by atoms with Gasteiger partial charge in [-0.25, -0.2) is 0 Å². The standard InChI is InChI=1S/C17H14F3NO/c1-2-11-22-15-8-5-13(6-9-15)3-4-14-7-10-16(21-12-14)17(18,19)20/h5-10,12H,2,11H2,1H3. The minimum absolute atomic E-state index is 0.430. The molecule has 0 amide bonds. The lowest BCUT2D eigenvalue weighted by atomic mass is 10.2. The summed E-state index contributed by atoms with van der Waals surface area (Å²) in [7, 11) is 0. The second-order valence-electron chi connectivity index (χ2n) is 4.55. The zero-order chi connectivity index (χ0) is 16.0. The summed E-state index contributed by atoms with van der Waals surface area (Å²) in [4.78, 5) is 3.36. The molecule has 0 unspecified atom stereocenters. The minimum atomic E-state index is -4.43. The van der Waals surface area contributed by atoms with Crippen molar-refractivity contribution in [1.82, 2.24) is 4.98 Å². The van der Waals surface area contributed by atoms with Crippen LogP contribution in [0.2, 0.25) is 0 Å². The molecule has 5 heteroatoms. The van der Waals surface area contributed by atoms with E-state index < -0.39 is 11.9 Å². The summed E-state index contributed by atoms with van der Waals surface area (Å²) in [6, 6.07) is 9.45. The number of alkyl halides is 3. The predicted molar refractivity (Wildman–Crippen MR) is 77.4 cm³/mol. The molecule has 0 saturated heterocycles. The Bertz CT molecular complexity index is 664. The van der Waals surface area contributed by atoms with E-state index in [0.29, 0.717) is 12.2 Å². The van der Waals surface area contributed by atoms with Gasteiger partial charge in [0.25, 0.3) is 0 Å². The molecule has 0 aliphatic rings. The third kappa shape index (κ3) is 4.52. The molecule has 0 saturated carbocycles. The second kappa shape index (κ2) is 6.99. The van der Waals surface area contributed by atoms with Gasteiger partial charge in [-0.15, -0.1) is 0 Å². The number of rotatable bonds is 3. The molecule has 0 fully saturated rings. The Morgan fingerprint density at radius 2 is 1.64 bits per heavy atom. The van der Waals surface area contributed by atoms with E-state index in [1.54, 1.807) is 12.1 Å². The first-order chi connectivity index (χ1) is 10.5. The summed E-state index contributed by atoms with van der Waals surface area (Å²) in [6.07, 6.45) is -2.38. The van der Waals surface area contributed by atoms with Gasteiger partial charge in [-0.05, 0) is 42.8 Å².